The molecule has 1 aromatic heterocycles. The molecule has 0 bridgehead atoms. The van der Waals surface area contributed by atoms with Gasteiger partial charge in [-0.3, -0.25) is 0 Å². The highest BCUT2D eigenvalue weighted by Crippen LogP contribution is 2.27. The van der Waals surface area contributed by atoms with Crippen LogP contribution in [0.3, 0.4) is 0 Å². The summed E-state index contributed by atoms with van der Waals surface area (Å²) in [6.45, 7) is 3.10. The molecule has 0 saturated heterocycles. The van der Waals surface area contributed by atoms with E-state index in [1.54, 1.807) is 25.1 Å². The number of rotatable bonds is 4. The van der Waals surface area contributed by atoms with E-state index in [-0.39, 0.29) is 5.75 Å². The Labute approximate surface area is 155 Å². The average molecular weight is 379 g/mol. The van der Waals surface area contributed by atoms with Crippen LogP contribution in [0, 0.1) is 6.92 Å². The minimum absolute atomic E-state index is 0.115. The first-order valence-electron chi connectivity index (χ1n) is 7.85. The maximum absolute atomic E-state index is 11.9. The number of benzene rings is 2. The van der Waals surface area contributed by atoms with Gasteiger partial charge in [0.25, 0.3) is 0 Å². The van der Waals surface area contributed by atoms with E-state index in [1.165, 1.54) is 11.0 Å². The number of halogens is 2. The van der Waals surface area contributed by atoms with Crippen molar-refractivity contribution in [3.8, 4) is 5.75 Å². The minimum Gasteiger partial charge on any atom is -0.508 e. The highest BCUT2D eigenvalue weighted by atomic mass is 35.5. The number of fused-ring (bicyclic) bond motifs is 1. The third-order valence-corrected chi connectivity index (χ3v) is 4.94. The lowest BCUT2D eigenvalue weighted by Gasteiger charge is -2.16. The predicted octanol–water partition coefficient (Wildman–Crippen LogP) is 3.33. The number of nitrogens with one attached hydrogen (secondary N) is 1. The summed E-state index contributed by atoms with van der Waals surface area (Å²) < 4.78 is 5.29. The molecule has 0 fully saturated rings. The van der Waals surface area contributed by atoms with Gasteiger partial charge in [0.15, 0.2) is 0 Å². The largest absolute Gasteiger partial charge is 0.508 e. The fraction of sp³-hybridized carbons (Fsp3) is 0.211. The third kappa shape index (κ3) is 3.82. The lowest BCUT2D eigenvalue weighted by Crippen LogP contribution is -3.06. The molecule has 2 N–H and O–H groups in total. The molecule has 0 aliphatic rings. The van der Waals surface area contributed by atoms with Crippen LogP contribution in [0.15, 0.2) is 45.6 Å². The maximum atomic E-state index is 11.9. The Morgan fingerprint density at radius 2 is 1.84 bits per heavy atom. The van der Waals surface area contributed by atoms with E-state index >= 15 is 0 Å². The zero-order valence-corrected chi connectivity index (χ0v) is 15.4. The van der Waals surface area contributed by atoms with Gasteiger partial charge in [-0.05, 0) is 31.2 Å². The standard InChI is InChI=1S/C19H17Cl2NO3/c1-11-17(23)6-4-14-13(8-18(24)25-19(11)14)10-22(2)9-12-3-5-15(20)16(21)7-12/h3-8,23H,9-10H2,1-2H3/p+1. The van der Waals surface area contributed by atoms with Gasteiger partial charge in [-0.2, -0.15) is 0 Å². The monoisotopic (exact) mass is 378 g/mol. The molecule has 0 aliphatic heterocycles. The van der Waals surface area contributed by atoms with E-state index in [4.69, 9.17) is 27.6 Å². The molecule has 0 saturated carbocycles. The summed E-state index contributed by atoms with van der Waals surface area (Å²) in [5, 5.41) is 11.7. The summed E-state index contributed by atoms with van der Waals surface area (Å²) in [4.78, 5) is 13.1. The van der Waals surface area contributed by atoms with Crippen LogP contribution in [0.5, 0.6) is 5.75 Å². The molecule has 3 aromatic rings. The summed E-state index contributed by atoms with van der Waals surface area (Å²) in [7, 11) is 2.04. The van der Waals surface area contributed by atoms with Crippen molar-refractivity contribution in [2.75, 3.05) is 7.05 Å². The van der Waals surface area contributed by atoms with Crippen LogP contribution in [-0.4, -0.2) is 12.2 Å². The van der Waals surface area contributed by atoms with E-state index in [0.29, 0.717) is 27.7 Å². The number of phenols is 1. The van der Waals surface area contributed by atoms with Crippen molar-refractivity contribution in [2.24, 2.45) is 0 Å². The van der Waals surface area contributed by atoms with Crippen LogP contribution in [0.4, 0.5) is 0 Å². The Morgan fingerprint density at radius 1 is 1.08 bits per heavy atom. The molecule has 0 spiro atoms. The highest BCUT2D eigenvalue weighted by molar-refractivity contribution is 6.42. The fourth-order valence-corrected chi connectivity index (χ4v) is 3.27. The first-order valence-corrected chi connectivity index (χ1v) is 8.61. The average Bonchev–Trinajstić information content (AvgIpc) is 2.55. The van der Waals surface area contributed by atoms with Crippen molar-refractivity contribution in [1.29, 1.82) is 0 Å². The van der Waals surface area contributed by atoms with E-state index in [1.807, 2.05) is 19.2 Å². The number of aromatic hydroxyl groups is 1. The molecular weight excluding hydrogens is 361 g/mol. The van der Waals surface area contributed by atoms with Crippen LogP contribution in [-0.2, 0) is 13.1 Å². The Morgan fingerprint density at radius 3 is 2.56 bits per heavy atom. The highest BCUT2D eigenvalue weighted by Gasteiger charge is 2.14. The number of hydrogen-bond acceptors (Lipinski definition) is 3. The molecule has 1 unspecified atom stereocenters. The van der Waals surface area contributed by atoms with Crippen molar-refractivity contribution < 1.29 is 14.4 Å². The van der Waals surface area contributed by atoms with Crippen LogP contribution in [0.2, 0.25) is 10.0 Å². The van der Waals surface area contributed by atoms with Crippen molar-refractivity contribution in [1.82, 2.24) is 0 Å². The smallest absolute Gasteiger partial charge is 0.336 e. The maximum Gasteiger partial charge on any atom is 0.336 e. The van der Waals surface area contributed by atoms with Gasteiger partial charge < -0.3 is 14.4 Å². The Balaban J connectivity index is 1.90. The van der Waals surface area contributed by atoms with Crippen LogP contribution < -0.4 is 10.5 Å². The van der Waals surface area contributed by atoms with E-state index < -0.39 is 5.63 Å². The molecular formula is C19H18Cl2NO3+. The van der Waals surface area contributed by atoms with Crippen molar-refractivity contribution >= 4 is 34.2 Å². The molecule has 1 atom stereocenters. The van der Waals surface area contributed by atoms with Gasteiger partial charge in [0.05, 0.1) is 17.1 Å². The second kappa shape index (κ2) is 7.08. The van der Waals surface area contributed by atoms with Crippen molar-refractivity contribution in [3.05, 3.63) is 73.6 Å². The Bertz CT molecular complexity index is 998. The van der Waals surface area contributed by atoms with E-state index in [9.17, 15) is 9.90 Å². The second-order valence-corrected chi connectivity index (χ2v) is 7.05. The number of hydrogen-bond donors (Lipinski definition) is 2. The number of phenolic OH excluding ortho intramolecular Hbond substituents is 1. The molecule has 0 aliphatic carbocycles. The third-order valence-electron chi connectivity index (χ3n) is 4.20. The molecule has 3 rings (SSSR count). The van der Waals surface area contributed by atoms with E-state index in [2.05, 4.69) is 0 Å². The molecule has 1 heterocycles. The number of quaternary nitrogens is 1. The van der Waals surface area contributed by atoms with Crippen molar-refractivity contribution in [3.63, 3.8) is 0 Å². The van der Waals surface area contributed by atoms with Gasteiger partial charge in [0.2, 0.25) is 0 Å². The number of aryl methyl sites for hydroxylation is 1. The van der Waals surface area contributed by atoms with Gasteiger partial charge in [0.1, 0.15) is 24.4 Å². The van der Waals surface area contributed by atoms with Gasteiger partial charge in [-0.15, -0.1) is 0 Å². The SMILES string of the molecule is Cc1c(O)ccc2c(C[NH+](C)Cc3ccc(Cl)c(Cl)c3)cc(=O)oc12. The molecule has 2 aromatic carbocycles. The van der Waals surface area contributed by atoms with Gasteiger partial charge in [-0.25, -0.2) is 4.79 Å². The minimum atomic E-state index is -0.418. The topological polar surface area (TPSA) is 54.9 Å². The van der Waals surface area contributed by atoms with Gasteiger partial charge in [0, 0.05) is 28.1 Å². The predicted molar refractivity (Wildman–Crippen MR) is 99.6 cm³/mol. The van der Waals surface area contributed by atoms with Crippen LogP contribution in [0.25, 0.3) is 11.0 Å². The van der Waals surface area contributed by atoms with Gasteiger partial charge in [-0.1, -0.05) is 29.3 Å². The zero-order chi connectivity index (χ0) is 18.1. The lowest BCUT2D eigenvalue weighted by molar-refractivity contribution is -0.907. The lowest BCUT2D eigenvalue weighted by atomic mass is 10.1. The van der Waals surface area contributed by atoms with Crippen LogP contribution in [0.1, 0.15) is 16.7 Å². The summed E-state index contributed by atoms with van der Waals surface area (Å²) >= 11 is 12.0. The quantitative estimate of drug-likeness (QED) is 0.684. The summed E-state index contributed by atoms with van der Waals surface area (Å²) in [5.41, 5.74) is 2.53. The summed E-state index contributed by atoms with van der Waals surface area (Å²) in [6, 6.07) is 10.5. The normalized spacial score (nSPS) is 12.5. The molecule has 0 radical (unpaired) electrons. The first kappa shape index (κ1) is 17.8. The van der Waals surface area contributed by atoms with Gasteiger partial charge >= 0.3 is 5.63 Å². The zero-order valence-electron chi connectivity index (χ0n) is 13.9. The Hall–Kier alpha value is -2.01. The first-order chi connectivity index (χ1) is 11.8. The Kier molecular flexibility index (Phi) is 5.04. The summed E-state index contributed by atoms with van der Waals surface area (Å²) in [5.74, 6) is 0.115. The van der Waals surface area contributed by atoms with E-state index in [0.717, 1.165) is 23.1 Å². The summed E-state index contributed by atoms with van der Waals surface area (Å²) in [6.07, 6.45) is 0. The van der Waals surface area contributed by atoms with Crippen LogP contribution >= 0.6 is 23.2 Å². The fourth-order valence-electron chi connectivity index (χ4n) is 2.95. The second-order valence-electron chi connectivity index (χ2n) is 6.24. The molecule has 130 valence electrons. The molecule has 25 heavy (non-hydrogen) atoms. The molecule has 6 heteroatoms. The molecule has 4 nitrogen and oxygen atoms in total. The molecule has 0 amide bonds. The van der Waals surface area contributed by atoms with Crippen molar-refractivity contribution in [2.45, 2.75) is 20.0 Å².